The summed E-state index contributed by atoms with van der Waals surface area (Å²) in [6, 6.07) is 6.58. The van der Waals surface area contributed by atoms with Gasteiger partial charge in [0.1, 0.15) is 11.6 Å². The number of halogens is 3. The van der Waals surface area contributed by atoms with Gasteiger partial charge in [0.05, 0.1) is 16.1 Å². The second-order valence-corrected chi connectivity index (χ2v) is 6.53. The van der Waals surface area contributed by atoms with Crippen LogP contribution in [0.1, 0.15) is 38.8 Å². The molecule has 1 aliphatic heterocycles. The van der Waals surface area contributed by atoms with Gasteiger partial charge in [-0.3, -0.25) is 29.4 Å². The maximum absolute atomic E-state index is 12.8. The average Bonchev–Trinajstić information content (AvgIpc) is 2.95. The number of imide groups is 1. The second-order valence-electron chi connectivity index (χ2n) is 6.53. The van der Waals surface area contributed by atoms with E-state index in [1.165, 1.54) is 31.2 Å². The number of fused-ring (bicyclic) bond motifs is 1. The fourth-order valence-corrected chi connectivity index (χ4v) is 3.10. The van der Waals surface area contributed by atoms with E-state index in [9.17, 15) is 37.7 Å². The number of nitro benzene ring substituents is 1. The van der Waals surface area contributed by atoms with E-state index in [4.69, 9.17) is 0 Å². The third kappa shape index (κ3) is 3.73. The minimum atomic E-state index is -4.54. The number of nitrogens with one attached hydrogen (secondary N) is 1. The zero-order valence-corrected chi connectivity index (χ0v) is 15.4. The molecule has 2 aromatic rings. The summed E-state index contributed by atoms with van der Waals surface area (Å²) >= 11 is 0. The third-order valence-corrected chi connectivity index (χ3v) is 4.61. The first-order chi connectivity index (χ1) is 14.0. The minimum Gasteiger partial charge on any atom is -0.350 e. The summed E-state index contributed by atoms with van der Waals surface area (Å²) in [6.45, 7) is 0.978. The molecule has 1 heterocycles. The topological polar surface area (TPSA) is 110 Å². The Morgan fingerprint density at radius 2 is 1.83 bits per heavy atom. The molecule has 156 valence electrons. The monoisotopic (exact) mass is 421 g/mol. The molecule has 0 fully saturated rings. The van der Waals surface area contributed by atoms with E-state index in [1.807, 2.05) is 0 Å². The zero-order chi connectivity index (χ0) is 22.2. The first-order valence-corrected chi connectivity index (χ1v) is 8.61. The van der Waals surface area contributed by atoms with Gasteiger partial charge < -0.3 is 5.32 Å². The first kappa shape index (κ1) is 21.0. The number of benzene rings is 2. The lowest BCUT2D eigenvalue weighted by Gasteiger charge is -2.21. The van der Waals surface area contributed by atoms with Crippen LogP contribution in [0.25, 0.3) is 0 Å². The Bertz CT molecular complexity index is 1070. The number of carbonyl (C=O) groups is 3. The van der Waals surface area contributed by atoms with Gasteiger partial charge in [0, 0.05) is 12.6 Å². The Morgan fingerprint density at radius 1 is 1.17 bits per heavy atom. The number of rotatable bonds is 5. The summed E-state index contributed by atoms with van der Waals surface area (Å²) < 4.78 is 38.4. The molecule has 8 nitrogen and oxygen atoms in total. The molecular formula is C19H14F3N3O5. The number of hydrogen-bond acceptors (Lipinski definition) is 5. The maximum atomic E-state index is 12.8. The summed E-state index contributed by atoms with van der Waals surface area (Å²) in [5.74, 6) is -2.64. The Labute approximate surface area is 167 Å². The van der Waals surface area contributed by atoms with Crippen molar-refractivity contribution >= 4 is 23.4 Å². The molecule has 0 saturated heterocycles. The van der Waals surface area contributed by atoms with Crippen molar-refractivity contribution in [1.82, 2.24) is 10.2 Å². The van der Waals surface area contributed by atoms with E-state index in [-0.39, 0.29) is 17.7 Å². The average molecular weight is 421 g/mol. The number of amides is 3. The summed E-state index contributed by atoms with van der Waals surface area (Å²) in [5.41, 5.74) is -1.85. The van der Waals surface area contributed by atoms with Gasteiger partial charge in [0.15, 0.2) is 0 Å². The third-order valence-electron chi connectivity index (χ3n) is 4.61. The molecule has 0 radical (unpaired) electrons. The van der Waals surface area contributed by atoms with Crippen molar-refractivity contribution in [2.24, 2.45) is 0 Å². The Balaban J connectivity index is 1.76. The lowest BCUT2D eigenvalue weighted by atomic mass is 10.1. The number of nitrogens with zero attached hydrogens (tertiary/aromatic N) is 2. The van der Waals surface area contributed by atoms with E-state index >= 15 is 0 Å². The highest BCUT2D eigenvalue weighted by molar-refractivity contribution is 6.24. The lowest BCUT2D eigenvalue weighted by molar-refractivity contribution is -0.385. The van der Waals surface area contributed by atoms with Crippen LogP contribution in [0.2, 0.25) is 0 Å². The molecule has 3 rings (SSSR count). The molecule has 3 amide bonds. The van der Waals surface area contributed by atoms with E-state index in [0.29, 0.717) is 4.90 Å². The predicted octanol–water partition coefficient (Wildman–Crippen LogP) is 2.91. The fourth-order valence-electron chi connectivity index (χ4n) is 3.10. The molecule has 0 spiro atoms. The van der Waals surface area contributed by atoms with Crippen LogP contribution < -0.4 is 5.32 Å². The Hall–Kier alpha value is -3.76. The van der Waals surface area contributed by atoms with Crippen molar-refractivity contribution in [1.29, 1.82) is 0 Å². The van der Waals surface area contributed by atoms with Crippen molar-refractivity contribution in [2.45, 2.75) is 25.7 Å². The number of nitro groups is 1. The van der Waals surface area contributed by atoms with Crippen LogP contribution in [0, 0.1) is 10.1 Å². The highest BCUT2D eigenvalue weighted by Gasteiger charge is 2.44. The molecule has 30 heavy (non-hydrogen) atoms. The van der Waals surface area contributed by atoms with Crippen molar-refractivity contribution < 1.29 is 32.5 Å². The molecular weight excluding hydrogens is 407 g/mol. The number of alkyl halides is 3. The molecule has 11 heteroatoms. The van der Waals surface area contributed by atoms with Crippen LogP contribution >= 0.6 is 0 Å². The standard InChI is InChI=1S/C19H14F3N3O5/c1-10(16(26)23-9-11-4-2-5-12(8-11)19(20,21)22)24-17(27)13-6-3-7-14(25(29)30)15(13)18(24)28/h2-8,10H,9H2,1H3,(H,23,26)/t10-/m0/s1. The van der Waals surface area contributed by atoms with Crippen LogP contribution in [-0.2, 0) is 17.5 Å². The van der Waals surface area contributed by atoms with E-state index < -0.39 is 51.7 Å². The quantitative estimate of drug-likeness (QED) is 0.454. The van der Waals surface area contributed by atoms with Gasteiger partial charge in [-0.2, -0.15) is 13.2 Å². The minimum absolute atomic E-state index is 0.170. The van der Waals surface area contributed by atoms with Crippen LogP contribution in [0.15, 0.2) is 42.5 Å². The van der Waals surface area contributed by atoms with Gasteiger partial charge in [-0.25, -0.2) is 0 Å². The molecule has 0 aromatic heterocycles. The molecule has 0 saturated carbocycles. The van der Waals surface area contributed by atoms with E-state index in [0.717, 1.165) is 18.2 Å². The molecule has 1 aliphatic rings. The molecule has 1 N–H and O–H groups in total. The molecule has 0 unspecified atom stereocenters. The lowest BCUT2D eigenvalue weighted by Crippen LogP contribution is -2.47. The normalized spacial score (nSPS) is 14.5. The molecule has 0 aliphatic carbocycles. The van der Waals surface area contributed by atoms with Crippen LogP contribution in [0.5, 0.6) is 0 Å². The van der Waals surface area contributed by atoms with Gasteiger partial charge in [-0.15, -0.1) is 0 Å². The molecule has 0 bridgehead atoms. The number of hydrogen-bond donors (Lipinski definition) is 1. The van der Waals surface area contributed by atoms with Crippen molar-refractivity contribution in [2.75, 3.05) is 0 Å². The van der Waals surface area contributed by atoms with Crippen molar-refractivity contribution in [3.63, 3.8) is 0 Å². The highest BCUT2D eigenvalue weighted by Crippen LogP contribution is 2.32. The summed E-state index contributed by atoms with van der Waals surface area (Å²) in [6.07, 6.45) is -4.54. The van der Waals surface area contributed by atoms with Gasteiger partial charge in [0.2, 0.25) is 5.91 Å². The second kappa shape index (κ2) is 7.58. The predicted molar refractivity (Wildman–Crippen MR) is 96.3 cm³/mol. The van der Waals surface area contributed by atoms with Crippen LogP contribution in [0.4, 0.5) is 18.9 Å². The van der Waals surface area contributed by atoms with Crippen molar-refractivity contribution in [3.8, 4) is 0 Å². The highest BCUT2D eigenvalue weighted by atomic mass is 19.4. The summed E-state index contributed by atoms with van der Waals surface area (Å²) in [7, 11) is 0. The fraction of sp³-hybridized carbons (Fsp3) is 0.211. The van der Waals surface area contributed by atoms with Crippen LogP contribution in [0.3, 0.4) is 0 Å². The van der Waals surface area contributed by atoms with Gasteiger partial charge in [-0.05, 0) is 30.7 Å². The summed E-state index contributed by atoms with van der Waals surface area (Å²) in [5, 5.41) is 13.5. The summed E-state index contributed by atoms with van der Waals surface area (Å²) in [4.78, 5) is 48.5. The molecule has 2 aromatic carbocycles. The Morgan fingerprint density at radius 3 is 2.47 bits per heavy atom. The van der Waals surface area contributed by atoms with Crippen LogP contribution in [-0.4, -0.2) is 33.6 Å². The van der Waals surface area contributed by atoms with E-state index in [1.54, 1.807) is 0 Å². The SMILES string of the molecule is C[C@@H](C(=O)NCc1cccc(C(F)(F)F)c1)N1C(=O)c2cccc([N+](=O)[O-])c2C1=O. The van der Waals surface area contributed by atoms with Gasteiger partial charge >= 0.3 is 6.18 Å². The molecule has 1 atom stereocenters. The van der Waals surface area contributed by atoms with E-state index in [2.05, 4.69) is 5.32 Å². The maximum Gasteiger partial charge on any atom is 0.416 e. The van der Waals surface area contributed by atoms with Gasteiger partial charge in [0.25, 0.3) is 17.5 Å². The Kier molecular flexibility index (Phi) is 5.29. The smallest absolute Gasteiger partial charge is 0.350 e. The van der Waals surface area contributed by atoms with Crippen molar-refractivity contribution in [3.05, 3.63) is 74.8 Å². The first-order valence-electron chi connectivity index (χ1n) is 8.61. The largest absolute Gasteiger partial charge is 0.416 e. The van der Waals surface area contributed by atoms with Gasteiger partial charge in [-0.1, -0.05) is 18.2 Å². The zero-order valence-electron chi connectivity index (χ0n) is 15.4. The number of carbonyl (C=O) groups excluding carboxylic acids is 3.